The third-order valence-corrected chi connectivity index (χ3v) is 2.41. The van der Waals surface area contributed by atoms with E-state index in [4.69, 9.17) is 16.1 Å². The second-order valence-electron chi connectivity index (χ2n) is 3.93. The van der Waals surface area contributed by atoms with Crippen molar-refractivity contribution in [2.75, 3.05) is 7.05 Å². The largest absolute Gasteiger partial charge is 0.361 e. The molecular formula is C11H13ClN4O. The summed E-state index contributed by atoms with van der Waals surface area (Å²) in [6, 6.07) is 1.92. The molecule has 0 aliphatic rings. The molecule has 2 heterocycles. The van der Waals surface area contributed by atoms with Crippen LogP contribution in [0.5, 0.6) is 0 Å². The Morgan fingerprint density at radius 3 is 2.59 bits per heavy atom. The molecule has 0 amide bonds. The molecule has 17 heavy (non-hydrogen) atoms. The van der Waals surface area contributed by atoms with Gasteiger partial charge < -0.3 is 4.52 Å². The molecule has 0 aliphatic heterocycles. The lowest BCUT2D eigenvalue weighted by Crippen LogP contribution is -2.18. The third-order valence-electron chi connectivity index (χ3n) is 2.21. The van der Waals surface area contributed by atoms with E-state index in [1.807, 2.05) is 20.0 Å². The normalized spacial score (nSPS) is 11.1. The monoisotopic (exact) mass is 252 g/mol. The molecule has 0 saturated heterocycles. The number of hydrogen-bond donors (Lipinski definition) is 0. The minimum atomic E-state index is 0.406. The van der Waals surface area contributed by atoms with Gasteiger partial charge in [-0.05, 0) is 14.0 Å². The molecule has 0 fully saturated rings. The first kappa shape index (κ1) is 12.0. The van der Waals surface area contributed by atoms with Gasteiger partial charge in [-0.1, -0.05) is 16.8 Å². The molecule has 0 unspecified atom stereocenters. The standard InChI is InChI=1S/C11H13ClN4O/c1-8-3-9(15-17-8)6-16(2)7-10-4-14-11(12)5-13-10/h3-5H,6-7H2,1-2H3. The molecule has 0 aliphatic carbocycles. The summed E-state index contributed by atoms with van der Waals surface area (Å²) in [5, 5.41) is 4.34. The van der Waals surface area contributed by atoms with E-state index in [-0.39, 0.29) is 0 Å². The van der Waals surface area contributed by atoms with Crippen molar-refractivity contribution in [3.8, 4) is 0 Å². The zero-order valence-corrected chi connectivity index (χ0v) is 10.5. The van der Waals surface area contributed by atoms with E-state index in [0.717, 1.165) is 17.1 Å². The van der Waals surface area contributed by atoms with E-state index in [9.17, 15) is 0 Å². The average molecular weight is 253 g/mol. The van der Waals surface area contributed by atoms with Gasteiger partial charge in [0.15, 0.2) is 0 Å². The molecule has 0 aromatic carbocycles. The smallest absolute Gasteiger partial charge is 0.147 e. The second-order valence-corrected chi connectivity index (χ2v) is 4.32. The maximum atomic E-state index is 5.67. The number of aryl methyl sites for hydroxylation is 1. The van der Waals surface area contributed by atoms with E-state index < -0.39 is 0 Å². The Hall–Kier alpha value is -1.46. The highest BCUT2D eigenvalue weighted by Gasteiger charge is 2.06. The van der Waals surface area contributed by atoms with Crippen molar-refractivity contribution in [2.45, 2.75) is 20.0 Å². The van der Waals surface area contributed by atoms with Gasteiger partial charge in [-0.15, -0.1) is 0 Å². The Labute approximate surface area is 104 Å². The summed E-state index contributed by atoms with van der Waals surface area (Å²) in [6.07, 6.45) is 3.22. The van der Waals surface area contributed by atoms with E-state index >= 15 is 0 Å². The number of halogens is 1. The molecule has 5 nitrogen and oxygen atoms in total. The minimum Gasteiger partial charge on any atom is -0.361 e. The van der Waals surface area contributed by atoms with Crippen LogP contribution in [-0.4, -0.2) is 27.1 Å². The van der Waals surface area contributed by atoms with E-state index in [1.54, 1.807) is 12.4 Å². The number of nitrogens with zero attached hydrogens (tertiary/aromatic N) is 4. The van der Waals surface area contributed by atoms with Gasteiger partial charge in [0.25, 0.3) is 0 Å². The zero-order chi connectivity index (χ0) is 12.3. The molecule has 0 atom stereocenters. The van der Waals surface area contributed by atoms with Crippen molar-refractivity contribution in [3.05, 3.63) is 40.8 Å². The lowest BCUT2D eigenvalue weighted by Gasteiger charge is -2.13. The van der Waals surface area contributed by atoms with Gasteiger partial charge in [-0.3, -0.25) is 9.88 Å². The summed E-state index contributed by atoms with van der Waals surface area (Å²) in [5.74, 6) is 0.819. The highest BCUT2D eigenvalue weighted by Crippen LogP contribution is 2.08. The Kier molecular flexibility index (Phi) is 3.71. The molecule has 2 aromatic heterocycles. The van der Waals surface area contributed by atoms with Gasteiger partial charge in [0.05, 0.1) is 23.8 Å². The molecule has 0 saturated carbocycles. The van der Waals surface area contributed by atoms with Crippen LogP contribution in [0.25, 0.3) is 0 Å². The molecule has 0 spiro atoms. The highest BCUT2D eigenvalue weighted by molar-refractivity contribution is 6.29. The first-order valence-electron chi connectivity index (χ1n) is 5.20. The van der Waals surface area contributed by atoms with Crippen LogP contribution in [0.3, 0.4) is 0 Å². The molecule has 90 valence electrons. The van der Waals surface area contributed by atoms with Crippen molar-refractivity contribution < 1.29 is 4.52 Å². The van der Waals surface area contributed by atoms with Gasteiger partial charge in [-0.2, -0.15) is 0 Å². The van der Waals surface area contributed by atoms with Crippen molar-refractivity contribution >= 4 is 11.6 Å². The molecule has 0 radical (unpaired) electrons. The van der Waals surface area contributed by atoms with Crippen molar-refractivity contribution in [1.82, 2.24) is 20.0 Å². The van der Waals surface area contributed by atoms with Crippen LogP contribution < -0.4 is 0 Å². The predicted octanol–water partition coefficient (Wildman–Crippen LogP) is 2.06. The Morgan fingerprint density at radius 1 is 1.24 bits per heavy atom. The summed E-state index contributed by atoms with van der Waals surface area (Å²) < 4.78 is 5.01. The first-order chi connectivity index (χ1) is 8.13. The quantitative estimate of drug-likeness (QED) is 0.834. The highest BCUT2D eigenvalue weighted by atomic mass is 35.5. The van der Waals surface area contributed by atoms with E-state index in [1.165, 1.54) is 0 Å². The van der Waals surface area contributed by atoms with E-state index in [2.05, 4.69) is 20.0 Å². The van der Waals surface area contributed by atoms with Gasteiger partial charge >= 0.3 is 0 Å². The number of rotatable bonds is 4. The fraction of sp³-hybridized carbons (Fsp3) is 0.364. The average Bonchev–Trinajstić information content (AvgIpc) is 2.67. The van der Waals surface area contributed by atoms with Crippen LogP contribution >= 0.6 is 11.6 Å². The molecular weight excluding hydrogens is 240 g/mol. The topological polar surface area (TPSA) is 55.1 Å². The fourth-order valence-electron chi connectivity index (χ4n) is 1.52. The fourth-order valence-corrected chi connectivity index (χ4v) is 1.62. The summed E-state index contributed by atoms with van der Waals surface area (Å²) >= 11 is 5.67. The summed E-state index contributed by atoms with van der Waals surface area (Å²) in [4.78, 5) is 10.2. The Morgan fingerprint density at radius 2 is 2.00 bits per heavy atom. The van der Waals surface area contributed by atoms with Crippen LogP contribution in [0.2, 0.25) is 5.15 Å². The second kappa shape index (κ2) is 5.25. The predicted molar refractivity (Wildman–Crippen MR) is 63.5 cm³/mol. The summed E-state index contributed by atoms with van der Waals surface area (Å²) in [7, 11) is 1.99. The summed E-state index contributed by atoms with van der Waals surface area (Å²) in [5.41, 5.74) is 1.78. The zero-order valence-electron chi connectivity index (χ0n) is 9.72. The van der Waals surface area contributed by atoms with Crippen LogP contribution in [0, 0.1) is 6.92 Å². The van der Waals surface area contributed by atoms with Crippen molar-refractivity contribution in [3.63, 3.8) is 0 Å². The minimum absolute atomic E-state index is 0.406. The van der Waals surface area contributed by atoms with Gasteiger partial charge in [0.1, 0.15) is 10.9 Å². The van der Waals surface area contributed by atoms with Gasteiger partial charge in [-0.25, -0.2) is 4.98 Å². The first-order valence-corrected chi connectivity index (χ1v) is 5.58. The van der Waals surface area contributed by atoms with Crippen molar-refractivity contribution in [2.24, 2.45) is 0 Å². The lowest BCUT2D eigenvalue weighted by atomic mass is 10.3. The van der Waals surface area contributed by atoms with Crippen LogP contribution in [-0.2, 0) is 13.1 Å². The number of hydrogen-bond acceptors (Lipinski definition) is 5. The van der Waals surface area contributed by atoms with Crippen LogP contribution in [0.1, 0.15) is 17.1 Å². The van der Waals surface area contributed by atoms with Crippen LogP contribution in [0.4, 0.5) is 0 Å². The molecule has 6 heteroatoms. The third kappa shape index (κ3) is 3.51. The molecule has 2 rings (SSSR count). The lowest BCUT2D eigenvalue weighted by molar-refractivity contribution is 0.298. The molecule has 0 N–H and O–H groups in total. The maximum absolute atomic E-state index is 5.67. The number of aromatic nitrogens is 3. The maximum Gasteiger partial charge on any atom is 0.147 e. The summed E-state index contributed by atoms with van der Waals surface area (Å²) in [6.45, 7) is 3.28. The molecule has 2 aromatic rings. The van der Waals surface area contributed by atoms with E-state index in [0.29, 0.717) is 18.2 Å². The SMILES string of the molecule is Cc1cc(CN(C)Cc2cnc(Cl)cn2)no1. The Balaban J connectivity index is 1.93. The van der Waals surface area contributed by atoms with Crippen molar-refractivity contribution in [1.29, 1.82) is 0 Å². The molecule has 0 bridgehead atoms. The Bertz CT molecular complexity index is 482. The van der Waals surface area contributed by atoms with Gasteiger partial charge in [0, 0.05) is 19.2 Å². The van der Waals surface area contributed by atoms with Gasteiger partial charge in [0.2, 0.25) is 0 Å². The van der Waals surface area contributed by atoms with Crippen LogP contribution in [0.15, 0.2) is 23.0 Å².